The first kappa shape index (κ1) is 25.9. The second-order valence-corrected chi connectivity index (χ2v) is 10.6. The van der Waals surface area contributed by atoms with Crippen molar-refractivity contribution in [2.45, 2.75) is 45.7 Å². The van der Waals surface area contributed by atoms with Gasteiger partial charge in [0.15, 0.2) is 0 Å². The largest absolute Gasteiger partial charge is 0.339 e. The summed E-state index contributed by atoms with van der Waals surface area (Å²) in [6.07, 6.45) is 4.17. The third kappa shape index (κ3) is 5.79. The van der Waals surface area contributed by atoms with Crippen molar-refractivity contribution in [3.63, 3.8) is 0 Å². The van der Waals surface area contributed by atoms with Gasteiger partial charge in [-0.05, 0) is 90.9 Å². The van der Waals surface area contributed by atoms with Crippen molar-refractivity contribution in [1.29, 1.82) is 0 Å². The van der Waals surface area contributed by atoms with Gasteiger partial charge in [-0.15, -0.1) is 0 Å². The van der Waals surface area contributed by atoms with Crippen molar-refractivity contribution >= 4 is 11.8 Å². The van der Waals surface area contributed by atoms with Gasteiger partial charge in [0.05, 0.1) is 0 Å². The molecule has 0 radical (unpaired) electrons. The number of benzene rings is 2. The molecule has 3 aliphatic rings. The second kappa shape index (κ2) is 11.3. The average molecular weight is 489 g/mol. The van der Waals surface area contributed by atoms with E-state index in [1.165, 1.54) is 30.3 Å². The monoisotopic (exact) mass is 488 g/mol. The first-order valence-electron chi connectivity index (χ1n) is 12.7. The molecule has 2 bridgehead atoms. The molecule has 0 aromatic heterocycles. The lowest BCUT2D eigenvalue weighted by molar-refractivity contribution is -0.130. The van der Waals surface area contributed by atoms with E-state index in [0.717, 1.165) is 42.0 Å². The molecule has 1 unspecified atom stereocenters. The zero-order valence-electron chi connectivity index (χ0n) is 21.0. The molecule has 2 amide bonds. The van der Waals surface area contributed by atoms with Crippen LogP contribution in [0.15, 0.2) is 48.5 Å². The molecule has 2 aromatic carbocycles. The summed E-state index contributed by atoms with van der Waals surface area (Å²) in [7, 11) is 0. The molecule has 36 heavy (non-hydrogen) atoms. The Kier molecular flexibility index (Phi) is 8.10. The summed E-state index contributed by atoms with van der Waals surface area (Å²) < 4.78 is 0. The molecule has 3 saturated carbocycles. The Balaban J connectivity index is 1.26. The normalized spacial score (nSPS) is 22.4. The Morgan fingerprint density at radius 1 is 1.06 bits per heavy atom. The molecule has 7 heteroatoms. The SMILES string of the molecule is CC1(C)C2CC[C@@H](CNCc3ccc(C#Cc4ccc(C(=O)N[C@@H](CN)C(=O)NO)cc4)cc3)[C@@H]1C2. The fraction of sp³-hybridized carbons (Fsp3) is 0.448. The molecule has 7 nitrogen and oxygen atoms in total. The summed E-state index contributed by atoms with van der Waals surface area (Å²) in [6, 6.07) is 14.1. The molecule has 0 spiro atoms. The highest BCUT2D eigenvalue weighted by Gasteiger charge is 2.53. The third-order valence-electron chi connectivity index (χ3n) is 8.16. The van der Waals surface area contributed by atoms with E-state index in [9.17, 15) is 9.59 Å². The fourth-order valence-corrected chi connectivity index (χ4v) is 5.71. The molecule has 2 aromatic rings. The van der Waals surface area contributed by atoms with Crippen molar-refractivity contribution < 1.29 is 14.8 Å². The molecular formula is C29H36N4O3. The first-order chi connectivity index (χ1) is 17.3. The lowest BCUT2D eigenvalue weighted by Crippen LogP contribution is -2.54. The number of amides is 2. The van der Waals surface area contributed by atoms with Crippen LogP contribution >= 0.6 is 0 Å². The van der Waals surface area contributed by atoms with Crippen LogP contribution in [0.5, 0.6) is 0 Å². The number of rotatable bonds is 8. The molecule has 3 aliphatic carbocycles. The number of carbonyl (C=O) groups excluding carboxylic acids is 2. The molecule has 6 N–H and O–H groups in total. The van der Waals surface area contributed by atoms with Crippen LogP contribution in [0.4, 0.5) is 0 Å². The van der Waals surface area contributed by atoms with Gasteiger partial charge in [0.2, 0.25) is 0 Å². The number of fused-ring (bicyclic) bond motifs is 2. The predicted octanol–water partition coefficient (Wildman–Crippen LogP) is 2.81. The molecule has 0 saturated heterocycles. The van der Waals surface area contributed by atoms with E-state index in [1.54, 1.807) is 24.3 Å². The van der Waals surface area contributed by atoms with E-state index >= 15 is 0 Å². The van der Waals surface area contributed by atoms with Gasteiger partial charge < -0.3 is 16.4 Å². The van der Waals surface area contributed by atoms with Gasteiger partial charge in [-0.1, -0.05) is 37.8 Å². The molecule has 5 rings (SSSR count). The number of hydroxylamine groups is 1. The van der Waals surface area contributed by atoms with E-state index in [1.807, 2.05) is 12.1 Å². The Labute approximate surface area is 213 Å². The molecular weight excluding hydrogens is 452 g/mol. The Morgan fingerprint density at radius 3 is 2.25 bits per heavy atom. The molecule has 0 heterocycles. The van der Waals surface area contributed by atoms with E-state index < -0.39 is 17.9 Å². The Hall–Kier alpha value is -3.18. The maximum atomic E-state index is 12.3. The maximum Gasteiger partial charge on any atom is 0.267 e. The van der Waals surface area contributed by atoms with Crippen LogP contribution in [0.1, 0.15) is 60.2 Å². The van der Waals surface area contributed by atoms with Gasteiger partial charge in [0, 0.05) is 29.8 Å². The van der Waals surface area contributed by atoms with Crippen LogP contribution < -0.4 is 21.8 Å². The average Bonchev–Trinajstić information content (AvgIpc) is 2.91. The van der Waals surface area contributed by atoms with Crippen molar-refractivity contribution in [2.24, 2.45) is 28.9 Å². The minimum atomic E-state index is -1.01. The van der Waals surface area contributed by atoms with Crippen molar-refractivity contribution in [1.82, 2.24) is 16.1 Å². The smallest absolute Gasteiger partial charge is 0.267 e. The van der Waals surface area contributed by atoms with Crippen LogP contribution in [-0.2, 0) is 11.3 Å². The first-order valence-corrected chi connectivity index (χ1v) is 12.7. The van der Waals surface area contributed by atoms with Crippen LogP contribution in [0.3, 0.4) is 0 Å². The number of nitrogens with two attached hydrogens (primary N) is 1. The van der Waals surface area contributed by atoms with E-state index in [4.69, 9.17) is 10.9 Å². The number of hydrogen-bond acceptors (Lipinski definition) is 5. The molecule has 190 valence electrons. The lowest BCUT2D eigenvalue weighted by Gasteiger charge is -2.60. The Bertz CT molecular complexity index is 1130. The van der Waals surface area contributed by atoms with Gasteiger partial charge in [0.1, 0.15) is 6.04 Å². The van der Waals surface area contributed by atoms with E-state index in [0.29, 0.717) is 11.0 Å². The molecule has 3 fully saturated rings. The van der Waals surface area contributed by atoms with Crippen LogP contribution in [0.2, 0.25) is 0 Å². The standard InChI is InChI=1S/C29H36N4O3/c1-29(2)24-14-13-23(25(29)15-24)18-31-17-21-7-5-19(6-8-21)3-4-20-9-11-22(12-10-20)27(34)32-26(16-30)28(35)33-36/h5-12,23-26,31,36H,13-18,30H2,1-2H3,(H,32,34)(H,33,35)/t23-,24?,25-,26-/m0/s1. The topological polar surface area (TPSA) is 116 Å². The predicted molar refractivity (Wildman–Crippen MR) is 139 cm³/mol. The van der Waals surface area contributed by atoms with Crippen LogP contribution in [0, 0.1) is 35.0 Å². The highest BCUT2D eigenvalue weighted by atomic mass is 16.5. The van der Waals surface area contributed by atoms with Crippen molar-refractivity contribution in [3.8, 4) is 11.8 Å². The highest BCUT2D eigenvalue weighted by Crippen LogP contribution is 2.61. The number of carbonyl (C=O) groups is 2. The van der Waals surface area contributed by atoms with Crippen LogP contribution in [-0.4, -0.2) is 36.2 Å². The highest BCUT2D eigenvalue weighted by molar-refractivity contribution is 5.97. The number of nitrogens with one attached hydrogen (secondary N) is 3. The van der Waals surface area contributed by atoms with Crippen molar-refractivity contribution in [3.05, 3.63) is 70.8 Å². The third-order valence-corrected chi connectivity index (χ3v) is 8.16. The summed E-state index contributed by atoms with van der Waals surface area (Å²) in [5, 5.41) is 14.9. The summed E-state index contributed by atoms with van der Waals surface area (Å²) in [5.41, 5.74) is 10.8. The quantitative estimate of drug-likeness (QED) is 0.223. The Morgan fingerprint density at radius 2 is 1.69 bits per heavy atom. The van der Waals surface area contributed by atoms with Gasteiger partial charge in [0.25, 0.3) is 11.8 Å². The maximum absolute atomic E-state index is 12.3. The zero-order valence-corrected chi connectivity index (χ0v) is 21.0. The van der Waals surface area contributed by atoms with Gasteiger partial charge in [-0.2, -0.15) is 0 Å². The molecule has 4 atom stereocenters. The number of hydrogen-bond donors (Lipinski definition) is 5. The van der Waals surface area contributed by atoms with Gasteiger partial charge >= 0.3 is 0 Å². The zero-order chi connectivity index (χ0) is 25.7. The van der Waals surface area contributed by atoms with Crippen molar-refractivity contribution in [2.75, 3.05) is 13.1 Å². The van der Waals surface area contributed by atoms with E-state index in [-0.39, 0.29) is 6.54 Å². The minimum Gasteiger partial charge on any atom is -0.339 e. The lowest BCUT2D eigenvalue weighted by atomic mass is 9.45. The minimum absolute atomic E-state index is 0.129. The summed E-state index contributed by atoms with van der Waals surface area (Å²) in [6.45, 7) is 6.73. The summed E-state index contributed by atoms with van der Waals surface area (Å²) >= 11 is 0. The second-order valence-electron chi connectivity index (χ2n) is 10.6. The van der Waals surface area contributed by atoms with E-state index in [2.05, 4.69) is 48.5 Å². The summed E-state index contributed by atoms with van der Waals surface area (Å²) in [5.74, 6) is 7.68. The molecule has 0 aliphatic heterocycles. The van der Waals surface area contributed by atoms with Gasteiger partial charge in [-0.3, -0.25) is 14.8 Å². The van der Waals surface area contributed by atoms with Gasteiger partial charge in [-0.25, -0.2) is 5.48 Å². The van der Waals surface area contributed by atoms with Crippen LogP contribution in [0.25, 0.3) is 0 Å². The summed E-state index contributed by atoms with van der Waals surface area (Å²) in [4.78, 5) is 23.8. The fourth-order valence-electron chi connectivity index (χ4n) is 5.71.